The Morgan fingerprint density at radius 2 is 1.85 bits per heavy atom. The number of hydrogen-bond acceptors (Lipinski definition) is 4. The van der Waals surface area contributed by atoms with Gasteiger partial charge in [0.1, 0.15) is 12.2 Å². The third kappa shape index (κ3) is 4.55. The SMILES string of the molecule is Cc1cc2oc(=O)cc(COC(=O)C3CCC(C(C)(C)C)CC3)c2cc1Cl. The molecule has 0 amide bonds. The molecule has 1 aliphatic carbocycles. The number of carbonyl (C=O) groups excluding carboxylic acids is 1. The van der Waals surface area contributed by atoms with Crippen LogP contribution in [0.1, 0.15) is 57.6 Å². The third-order valence-electron chi connectivity index (χ3n) is 5.76. The zero-order valence-corrected chi connectivity index (χ0v) is 17.2. The van der Waals surface area contributed by atoms with Crippen molar-refractivity contribution in [3.05, 3.63) is 44.8 Å². The fourth-order valence-electron chi connectivity index (χ4n) is 3.93. The molecule has 0 saturated heterocycles. The predicted octanol–water partition coefficient (Wildman–Crippen LogP) is 5.65. The first-order valence-corrected chi connectivity index (χ1v) is 9.92. The van der Waals surface area contributed by atoms with Crippen molar-refractivity contribution < 1.29 is 13.9 Å². The number of hydrogen-bond donors (Lipinski definition) is 0. The molecule has 3 rings (SSSR count). The Labute approximate surface area is 164 Å². The quantitative estimate of drug-likeness (QED) is 0.501. The molecule has 1 aromatic carbocycles. The van der Waals surface area contributed by atoms with Crippen LogP contribution in [-0.2, 0) is 16.1 Å². The van der Waals surface area contributed by atoms with Gasteiger partial charge in [0.05, 0.1) is 5.92 Å². The van der Waals surface area contributed by atoms with Gasteiger partial charge in [-0.1, -0.05) is 32.4 Å². The minimum absolute atomic E-state index is 0.0548. The lowest BCUT2D eigenvalue weighted by Crippen LogP contribution is -2.29. The van der Waals surface area contributed by atoms with Crippen molar-refractivity contribution in [2.24, 2.45) is 17.3 Å². The predicted molar refractivity (Wildman–Crippen MR) is 107 cm³/mol. The molecule has 0 N–H and O–H groups in total. The first kappa shape index (κ1) is 19.9. The summed E-state index contributed by atoms with van der Waals surface area (Å²) in [4.78, 5) is 24.4. The van der Waals surface area contributed by atoms with Crippen LogP contribution in [0.25, 0.3) is 11.0 Å². The number of halogens is 1. The number of esters is 1. The normalized spacial score (nSPS) is 20.6. The summed E-state index contributed by atoms with van der Waals surface area (Å²) in [6.07, 6.45) is 3.83. The highest BCUT2D eigenvalue weighted by Gasteiger charge is 2.33. The van der Waals surface area contributed by atoms with E-state index in [0.717, 1.165) is 31.2 Å². The van der Waals surface area contributed by atoms with Crippen molar-refractivity contribution >= 4 is 28.5 Å². The van der Waals surface area contributed by atoms with Crippen LogP contribution >= 0.6 is 11.6 Å². The van der Waals surface area contributed by atoms with Crippen molar-refractivity contribution in [2.75, 3.05) is 0 Å². The molecule has 0 bridgehead atoms. The van der Waals surface area contributed by atoms with E-state index in [4.69, 9.17) is 20.8 Å². The third-order valence-corrected chi connectivity index (χ3v) is 6.17. The van der Waals surface area contributed by atoms with E-state index in [1.54, 1.807) is 12.1 Å². The average Bonchev–Trinajstić information content (AvgIpc) is 2.60. The van der Waals surface area contributed by atoms with Crippen LogP contribution < -0.4 is 5.63 Å². The highest BCUT2D eigenvalue weighted by molar-refractivity contribution is 6.32. The Balaban J connectivity index is 1.69. The molecule has 4 nitrogen and oxygen atoms in total. The van der Waals surface area contributed by atoms with Crippen LogP contribution in [0.5, 0.6) is 0 Å². The van der Waals surface area contributed by atoms with Gasteiger partial charge in [0.15, 0.2) is 0 Å². The van der Waals surface area contributed by atoms with E-state index >= 15 is 0 Å². The first-order chi connectivity index (χ1) is 12.6. The second-order valence-electron chi connectivity index (χ2n) is 8.71. The maximum absolute atomic E-state index is 12.5. The van der Waals surface area contributed by atoms with Gasteiger partial charge in [-0.15, -0.1) is 0 Å². The Morgan fingerprint density at radius 1 is 1.19 bits per heavy atom. The van der Waals surface area contributed by atoms with Crippen LogP contribution in [0, 0.1) is 24.2 Å². The van der Waals surface area contributed by atoms with E-state index < -0.39 is 5.63 Å². The van der Waals surface area contributed by atoms with Crippen LogP contribution in [0.2, 0.25) is 5.02 Å². The molecule has 2 aromatic rings. The van der Waals surface area contributed by atoms with Gasteiger partial charge in [0.25, 0.3) is 0 Å². The second-order valence-corrected chi connectivity index (χ2v) is 9.12. The molecule has 0 aliphatic heterocycles. The van der Waals surface area contributed by atoms with Gasteiger partial charge in [-0.05, 0) is 61.6 Å². The summed E-state index contributed by atoms with van der Waals surface area (Å²) in [6.45, 7) is 8.68. The fraction of sp³-hybridized carbons (Fsp3) is 0.545. The summed E-state index contributed by atoms with van der Waals surface area (Å²) in [6, 6.07) is 4.86. The monoisotopic (exact) mass is 390 g/mol. The summed E-state index contributed by atoms with van der Waals surface area (Å²) < 4.78 is 10.8. The van der Waals surface area contributed by atoms with Gasteiger partial charge in [0, 0.05) is 22.0 Å². The first-order valence-electron chi connectivity index (χ1n) is 9.54. The molecule has 1 saturated carbocycles. The number of rotatable bonds is 3. The average molecular weight is 391 g/mol. The number of benzene rings is 1. The Bertz CT molecular complexity index is 899. The van der Waals surface area contributed by atoms with E-state index in [1.807, 2.05) is 6.92 Å². The van der Waals surface area contributed by atoms with Gasteiger partial charge in [-0.3, -0.25) is 4.79 Å². The Morgan fingerprint density at radius 3 is 2.48 bits per heavy atom. The van der Waals surface area contributed by atoms with E-state index in [1.165, 1.54) is 6.07 Å². The van der Waals surface area contributed by atoms with E-state index in [2.05, 4.69) is 20.8 Å². The summed E-state index contributed by atoms with van der Waals surface area (Å²) in [5, 5.41) is 1.29. The molecule has 1 aromatic heterocycles. The van der Waals surface area contributed by atoms with Gasteiger partial charge in [-0.25, -0.2) is 4.79 Å². The van der Waals surface area contributed by atoms with Crippen molar-refractivity contribution in [2.45, 2.75) is 60.0 Å². The van der Waals surface area contributed by atoms with Gasteiger partial charge in [-0.2, -0.15) is 0 Å². The molecule has 0 atom stereocenters. The molecule has 0 unspecified atom stereocenters. The van der Waals surface area contributed by atoms with Crippen molar-refractivity contribution in [1.82, 2.24) is 0 Å². The van der Waals surface area contributed by atoms with Gasteiger partial charge < -0.3 is 9.15 Å². The topological polar surface area (TPSA) is 56.5 Å². The van der Waals surface area contributed by atoms with Gasteiger partial charge >= 0.3 is 11.6 Å². The van der Waals surface area contributed by atoms with Crippen LogP contribution in [-0.4, -0.2) is 5.97 Å². The highest BCUT2D eigenvalue weighted by Crippen LogP contribution is 2.40. The summed E-state index contributed by atoms with van der Waals surface area (Å²) in [5.74, 6) is 0.414. The lowest BCUT2D eigenvalue weighted by molar-refractivity contribution is -0.151. The second kappa shape index (κ2) is 7.67. The zero-order valence-electron chi connectivity index (χ0n) is 16.4. The fourth-order valence-corrected chi connectivity index (χ4v) is 4.09. The maximum atomic E-state index is 12.5. The van der Waals surface area contributed by atoms with Crippen LogP contribution in [0.3, 0.4) is 0 Å². The van der Waals surface area contributed by atoms with Crippen LogP contribution in [0.15, 0.2) is 27.4 Å². The lowest BCUT2D eigenvalue weighted by atomic mass is 9.70. The molecule has 1 fully saturated rings. The summed E-state index contributed by atoms with van der Waals surface area (Å²) in [5.41, 5.74) is 1.74. The Hall–Kier alpha value is -1.81. The maximum Gasteiger partial charge on any atom is 0.336 e. The molecular formula is C22H27ClO4. The van der Waals surface area contributed by atoms with E-state index in [9.17, 15) is 9.59 Å². The van der Waals surface area contributed by atoms with Crippen molar-refractivity contribution in [3.8, 4) is 0 Å². The molecule has 1 heterocycles. The lowest BCUT2D eigenvalue weighted by Gasteiger charge is -2.36. The summed E-state index contributed by atoms with van der Waals surface area (Å²) in [7, 11) is 0. The van der Waals surface area contributed by atoms with Crippen LogP contribution in [0.4, 0.5) is 0 Å². The van der Waals surface area contributed by atoms with Gasteiger partial charge in [0.2, 0.25) is 0 Å². The minimum atomic E-state index is -0.457. The Kier molecular flexibility index (Phi) is 5.66. The van der Waals surface area contributed by atoms with Crippen molar-refractivity contribution in [3.63, 3.8) is 0 Å². The summed E-state index contributed by atoms with van der Waals surface area (Å²) >= 11 is 6.21. The zero-order chi connectivity index (χ0) is 19.8. The molecule has 5 heteroatoms. The standard InChI is InChI=1S/C22H27ClO4/c1-13-9-19-17(11-18(13)23)15(10-20(24)27-19)12-26-21(25)14-5-7-16(8-6-14)22(2,3)4/h9-11,14,16H,5-8,12H2,1-4H3. The molecule has 146 valence electrons. The molecular weight excluding hydrogens is 364 g/mol. The van der Waals surface area contributed by atoms with Crippen molar-refractivity contribution in [1.29, 1.82) is 0 Å². The number of ether oxygens (including phenoxy) is 1. The number of aryl methyl sites for hydroxylation is 1. The number of fused-ring (bicyclic) bond motifs is 1. The molecule has 0 spiro atoms. The highest BCUT2D eigenvalue weighted by atomic mass is 35.5. The molecule has 1 aliphatic rings. The number of carbonyl (C=O) groups is 1. The largest absolute Gasteiger partial charge is 0.461 e. The minimum Gasteiger partial charge on any atom is -0.461 e. The molecule has 0 radical (unpaired) electrons. The smallest absolute Gasteiger partial charge is 0.336 e. The molecule has 27 heavy (non-hydrogen) atoms. The van der Waals surface area contributed by atoms with E-state index in [-0.39, 0.29) is 23.9 Å². The van der Waals surface area contributed by atoms with E-state index in [0.29, 0.717) is 27.5 Å².